The van der Waals surface area contributed by atoms with E-state index < -0.39 is 0 Å². The molecule has 0 aliphatic heterocycles. The first kappa shape index (κ1) is 5.87. The standard InChI is InChI=1S/C8H13/c1-2-5-8-6-3-4-7-8/h3,5-6,8H,2,4,7H2,1H3. The molecule has 1 atom stereocenters. The van der Waals surface area contributed by atoms with Crippen molar-refractivity contribution in [3.05, 3.63) is 18.6 Å². The summed E-state index contributed by atoms with van der Waals surface area (Å²) in [5, 5.41) is 0. The van der Waals surface area contributed by atoms with Crippen molar-refractivity contribution in [1.82, 2.24) is 0 Å². The Bertz CT molecular complexity index is 82.0. The van der Waals surface area contributed by atoms with Crippen molar-refractivity contribution in [1.29, 1.82) is 0 Å². The Labute approximate surface area is 51.6 Å². The van der Waals surface area contributed by atoms with E-state index in [0.29, 0.717) is 0 Å². The van der Waals surface area contributed by atoms with Gasteiger partial charge >= 0.3 is 0 Å². The lowest BCUT2D eigenvalue weighted by Crippen LogP contribution is -1.89. The summed E-state index contributed by atoms with van der Waals surface area (Å²) in [7, 11) is 0. The molecule has 0 amide bonds. The Kier molecular flexibility index (Phi) is 2.13. The molecule has 0 fully saturated rings. The van der Waals surface area contributed by atoms with Crippen molar-refractivity contribution in [2.45, 2.75) is 26.2 Å². The van der Waals surface area contributed by atoms with Gasteiger partial charge in [0.2, 0.25) is 0 Å². The maximum Gasteiger partial charge on any atom is -0.0199 e. The van der Waals surface area contributed by atoms with E-state index in [-0.39, 0.29) is 0 Å². The van der Waals surface area contributed by atoms with E-state index in [4.69, 9.17) is 0 Å². The molecule has 1 radical (unpaired) electrons. The van der Waals surface area contributed by atoms with Crippen molar-refractivity contribution < 1.29 is 0 Å². The van der Waals surface area contributed by atoms with E-state index in [1.807, 2.05) is 0 Å². The van der Waals surface area contributed by atoms with Gasteiger partial charge in [-0.15, -0.1) is 0 Å². The van der Waals surface area contributed by atoms with Crippen molar-refractivity contribution in [3.63, 3.8) is 0 Å². The summed E-state index contributed by atoms with van der Waals surface area (Å²) >= 11 is 0. The highest BCUT2D eigenvalue weighted by Gasteiger charge is 2.06. The molecule has 0 N–H and O–H groups in total. The van der Waals surface area contributed by atoms with Crippen LogP contribution < -0.4 is 0 Å². The van der Waals surface area contributed by atoms with Gasteiger partial charge in [0, 0.05) is 0 Å². The molecule has 0 heteroatoms. The largest absolute Gasteiger partial charge is 0.0882 e. The van der Waals surface area contributed by atoms with Crippen LogP contribution in [0.2, 0.25) is 0 Å². The average molecular weight is 109 g/mol. The minimum atomic E-state index is 0.806. The summed E-state index contributed by atoms with van der Waals surface area (Å²) < 4.78 is 0. The molecule has 0 saturated heterocycles. The monoisotopic (exact) mass is 109 g/mol. The molecular weight excluding hydrogens is 96.1 g/mol. The Morgan fingerprint density at radius 1 is 1.75 bits per heavy atom. The first-order chi connectivity index (χ1) is 3.93. The minimum Gasteiger partial charge on any atom is -0.0882 e. The molecule has 0 bridgehead atoms. The third-order valence-electron chi connectivity index (χ3n) is 1.59. The molecule has 1 rings (SSSR count). The van der Waals surface area contributed by atoms with Crippen LogP contribution in [0, 0.1) is 12.3 Å². The molecule has 0 nitrogen and oxygen atoms in total. The molecule has 1 aliphatic rings. The van der Waals surface area contributed by atoms with E-state index in [2.05, 4.69) is 25.5 Å². The highest BCUT2D eigenvalue weighted by atomic mass is 14.1. The summed E-state index contributed by atoms with van der Waals surface area (Å²) in [4.78, 5) is 0. The van der Waals surface area contributed by atoms with Crippen LogP contribution in [0.1, 0.15) is 26.2 Å². The Balaban J connectivity index is 2.16. The lowest BCUT2D eigenvalue weighted by Gasteiger charge is -2.01. The van der Waals surface area contributed by atoms with E-state index in [9.17, 15) is 0 Å². The number of rotatable bonds is 2. The maximum absolute atomic E-state index is 2.38. The van der Waals surface area contributed by atoms with E-state index >= 15 is 0 Å². The molecule has 0 saturated carbocycles. The van der Waals surface area contributed by atoms with Gasteiger partial charge in [-0.25, -0.2) is 0 Å². The van der Waals surface area contributed by atoms with Crippen LogP contribution >= 0.6 is 0 Å². The number of hydrogen-bond donors (Lipinski definition) is 0. The zero-order chi connectivity index (χ0) is 5.82. The second-order valence-corrected chi connectivity index (χ2v) is 2.31. The molecule has 0 aromatic carbocycles. The Hall–Kier alpha value is -0.260. The quantitative estimate of drug-likeness (QED) is 0.478. The van der Waals surface area contributed by atoms with E-state index in [0.717, 1.165) is 5.92 Å². The molecule has 0 aromatic heterocycles. The molecular formula is C8H13. The predicted molar refractivity (Wildman–Crippen MR) is 36.5 cm³/mol. The fourth-order valence-electron chi connectivity index (χ4n) is 1.16. The average Bonchev–Trinajstić information content (AvgIpc) is 2.19. The van der Waals surface area contributed by atoms with E-state index in [1.54, 1.807) is 0 Å². The van der Waals surface area contributed by atoms with Crippen LogP contribution in [0.25, 0.3) is 0 Å². The molecule has 0 heterocycles. The Morgan fingerprint density at radius 2 is 2.62 bits per heavy atom. The fraction of sp³-hybridized carbons (Fsp3) is 0.625. The predicted octanol–water partition coefficient (Wildman–Crippen LogP) is 2.57. The molecule has 45 valence electrons. The van der Waals surface area contributed by atoms with Gasteiger partial charge in [0.15, 0.2) is 0 Å². The van der Waals surface area contributed by atoms with Gasteiger partial charge in [-0.1, -0.05) is 25.5 Å². The molecule has 1 unspecified atom stereocenters. The van der Waals surface area contributed by atoms with E-state index in [1.165, 1.54) is 19.3 Å². The Morgan fingerprint density at radius 3 is 3.12 bits per heavy atom. The normalized spacial score (nSPS) is 26.9. The summed E-state index contributed by atoms with van der Waals surface area (Å²) in [6, 6.07) is 0. The van der Waals surface area contributed by atoms with Crippen molar-refractivity contribution in [2.75, 3.05) is 0 Å². The van der Waals surface area contributed by atoms with Crippen LogP contribution in [0.3, 0.4) is 0 Å². The third-order valence-corrected chi connectivity index (χ3v) is 1.59. The highest BCUT2D eigenvalue weighted by molar-refractivity contribution is 5.01. The second kappa shape index (κ2) is 2.91. The van der Waals surface area contributed by atoms with Crippen LogP contribution in [0.4, 0.5) is 0 Å². The topological polar surface area (TPSA) is 0 Å². The van der Waals surface area contributed by atoms with Gasteiger partial charge < -0.3 is 0 Å². The van der Waals surface area contributed by atoms with Gasteiger partial charge in [-0.2, -0.15) is 0 Å². The molecule has 0 spiro atoms. The van der Waals surface area contributed by atoms with Crippen LogP contribution in [0.5, 0.6) is 0 Å². The summed E-state index contributed by atoms with van der Waals surface area (Å²) in [6.07, 6.45) is 10.8. The molecule has 8 heavy (non-hydrogen) atoms. The fourth-order valence-corrected chi connectivity index (χ4v) is 1.16. The summed E-state index contributed by atoms with van der Waals surface area (Å²) in [5.41, 5.74) is 0. The van der Waals surface area contributed by atoms with Gasteiger partial charge in [-0.3, -0.25) is 0 Å². The lowest BCUT2D eigenvalue weighted by molar-refractivity contribution is 0.694. The molecule has 0 aromatic rings. The van der Waals surface area contributed by atoms with Gasteiger partial charge in [0.1, 0.15) is 0 Å². The van der Waals surface area contributed by atoms with Crippen molar-refractivity contribution >= 4 is 0 Å². The second-order valence-electron chi connectivity index (χ2n) is 2.31. The van der Waals surface area contributed by atoms with Gasteiger partial charge in [-0.05, 0) is 25.2 Å². The minimum absolute atomic E-state index is 0.806. The van der Waals surface area contributed by atoms with Crippen molar-refractivity contribution in [3.8, 4) is 0 Å². The zero-order valence-corrected chi connectivity index (χ0v) is 5.43. The van der Waals surface area contributed by atoms with Crippen LogP contribution in [-0.4, -0.2) is 0 Å². The first-order valence-corrected chi connectivity index (χ1v) is 3.43. The smallest absolute Gasteiger partial charge is 0.0199 e. The highest BCUT2D eigenvalue weighted by Crippen LogP contribution is 2.20. The zero-order valence-electron chi connectivity index (χ0n) is 5.43. The molecule has 1 aliphatic carbocycles. The maximum atomic E-state index is 2.38. The first-order valence-electron chi connectivity index (χ1n) is 3.43. The summed E-state index contributed by atoms with van der Waals surface area (Å²) in [6.45, 7) is 2.20. The SMILES string of the molecule is CC[CH]C1C=CCC1. The number of allylic oxidation sites excluding steroid dienone is 2. The number of hydrogen-bond acceptors (Lipinski definition) is 0. The summed E-state index contributed by atoms with van der Waals surface area (Å²) in [5.74, 6) is 0.806. The van der Waals surface area contributed by atoms with Gasteiger partial charge in [0.25, 0.3) is 0 Å². The van der Waals surface area contributed by atoms with Crippen LogP contribution in [0.15, 0.2) is 12.2 Å². The van der Waals surface area contributed by atoms with Gasteiger partial charge in [0.05, 0.1) is 0 Å². The van der Waals surface area contributed by atoms with Crippen LogP contribution in [-0.2, 0) is 0 Å². The lowest BCUT2D eigenvalue weighted by atomic mass is 10.0. The van der Waals surface area contributed by atoms with Crippen molar-refractivity contribution in [2.24, 2.45) is 5.92 Å². The third kappa shape index (κ3) is 1.36.